The molecule has 2 nitrogen and oxygen atoms in total. The second-order valence-electron chi connectivity index (χ2n) is 6.05. The quantitative estimate of drug-likeness (QED) is 0.826. The molecule has 1 fully saturated rings. The van der Waals surface area contributed by atoms with Gasteiger partial charge in [0.1, 0.15) is 0 Å². The molecule has 1 aromatic rings. The Labute approximate surface area is 134 Å². The minimum Gasteiger partial charge on any atom is -0.309 e. The van der Waals surface area contributed by atoms with E-state index in [1.165, 1.54) is 48.4 Å². The van der Waals surface area contributed by atoms with Crippen molar-refractivity contribution in [3.63, 3.8) is 0 Å². The van der Waals surface area contributed by atoms with E-state index in [0.29, 0.717) is 12.1 Å². The van der Waals surface area contributed by atoms with E-state index >= 15 is 0 Å². The Balaban J connectivity index is 2.13. The Morgan fingerprint density at radius 3 is 2.62 bits per heavy atom. The number of thioether (sulfide) groups is 1. The van der Waals surface area contributed by atoms with E-state index in [9.17, 15) is 0 Å². The molecule has 0 radical (unpaired) electrons. The van der Waals surface area contributed by atoms with Crippen LogP contribution in [0.25, 0.3) is 0 Å². The van der Waals surface area contributed by atoms with Gasteiger partial charge in [0, 0.05) is 30.1 Å². The number of rotatable bonds is 7. The van der Waals surface area contributed by atoms with Gasteiger partial charge in [-0.1, -0.05) is 44.5 Å². The molecule has 2 unspecified atom stereocenters. The van der Waals surface area contributed by atoms with Crippen LogP contribution in [-0.2, 0) is 6.42 Å². The lowest BCUT2D eigenvalue weighted by atomic mass is 9.97. The number of hydrogen-bond donors (Lipinski definition) is 1. The largest absolute Gasteiger partial charge is 0.309 e. The van der Waals surface area contributed by atoms with Crippen molar-refractivity contribution in [2.24, 2.45) is 0 Å². The molecule has 1 heterocycles. The van der Waals surface area contributed by atoms with E-state index in [0.717, 1.165) is 6.54 Å². The Bertz CT molecular complexity index is 404. The highest BCUT2D eigenvalue weighted by atomic mass is 32.2. The first-order chi connectivity index (χ1) is 10.3. The topological polar surface area (TPSA) is 15.3 Å². The molecular formula is C18H30N2S. The monoisotopic (exact) mass is 306 g/mol. The molecule has 118 valence electrons. The molecule has 0 aromatic heterocycles. The van der Waals surface area contributed by atoms with Gasteiger partial charge in [-0.2, -0.15) is 11.8 Å². The van der Waals surface area contributed by atoms with Crippen LogP contribution in [0.2, 0.25) is 0 Å². The van der Waals surface area contributed by atoms with Crippen molar-refractivity contribution >= 4 is 11.8 Å². The molecule has 1 aromatic carbocycles. The Morgan fingerprint density at radius 2 is 2.00 bits per heavy atom. The van der Waals surface area contributed by atoms with Crippen molar-refractivity contribution in [2.75, 3.05) is 31.6 Å². The Kier molecular flexibility index (Phi) is 7.08. The lowest BCUT2D eigenvalue weighted by molar-refractivity contribution is 0.216. The first-order valence-electron chi connectivity index (χ1n) is 8.36. The van der Waals surface area contributed by atoms with Gasteiger partial charge in [0.25, 0.3) is 0 Å². The van der Waals surface area contributed by atoms with Crippen LogP contribution < -0.4 is 5.32 Å². The summed E-state index contributed by atoms with van der Waals surface area (Å²) in [5.74, 6) is 2.50. The zero-order valence-corrected chi connectivity index (χ0v) is 14.6. The molecule has 0 saturated carbocycles. The minimum absolute atomic E-state index is 0.457. The molecule has 0 spiro atoms. The van der Waals surface area contributed by atoms with Crippen LogP contribution in [0.3, 0.4) is 0 Å². The highest BCUT2D eigenvalue weighted by Crippen LogP contribution is 2.27. The van der Waals surface area contributed by atoms with Crippen LogP contribution in [0.5, 0.6) is 0 Å². The van der Waals surface area contributed by atoms with Gasteiger partial charge < -0.3 is 5.32 Å². The summed E-state index contributed by atoms with van der Waals surface area (Å²) in [6.07, 6.45) is 3.60. The normalized spacial score (nSPS) is 21.4. The maximum atomic E-state index is 3.78. The zero-order valence-electron chi connectivity index (χ0n) is 13.8. The molecular weight excluding hydrogens is 276 g/mol. The second kappa shape index (κ2) is 8.82. The van der Waals surface area contributed by atoms with Crippen LogP contribution in [0, 0.1) is 0 Å². The average molecular weight is 307 g/mol. The molecule has 2 rings (SSSR count). The van der Waals surface area contributed by atoms with E-state index in [1.807, 2.05) is 0 Å². The maximum Gasteiger partial charge on any atom is 0.0486 e. The Morgan fingerprint density at radius 1 is 1.24 bits per heavy atom. The number of nitrogens with zero attached hydrogens (tertiary/aromatic N) is 1. The first kappa shape index (κ1) is 16.9. The number of aryl methyl sites for hydroxylation is 1. The second-order valence-corrected chi connectivity index (χ2v) is 7.20. The molecule has 0 aliphatic carbocycles. The van der Waals surface area contributed by atoms with Gasteiger partial charge in [-0.25, -0.2) is 0 Å². The van der Waals surface area contributed by atoms with Gasteiger partial charge >= 0.3 is 0 Å². The van der Waals surface area contributed by atoms with Gasteiger partial charge in [-0.05, 0) is 37.6 Å². The van der Waals surface area contributed by atoms with E-state index in [2.05, 4.69) is 67.1 Å². The fourth-order valence-corrected chi connectivity index (χ4v) is 4.28. The molecule has 0 bridgehead atoms. The van der Waals surface area contributed by atoms with Crippen molar-refractivity contribution in [3.05, 3.63) is 35.4 Å². The summed E-state index contributed by atoms with van der Waals surface area (Å²) in [4.78, 5) is 2.53. The van der Waals surface area contributed by atoms with Crippen molar-refractivity contribution < 1.29 is 0 Å². The molecule has 2 atom stereocenters. The summed E-state index contributed by atoms with van der Waals surface area (Å²) in [5, 5.41) is 3.78. The highest BCUT2D eigenvalue weighted by Gasteiger charge is 2.28. The van der Waals surface area contributed by atoms with Crippen molar-refractivity contribution in [3.8, 4) is 0 Å². The first-order valence-corrected chi connectivity index (χ1v) is 9.52. The van der Waals surface area contributed by atoms with Crippen molar-refractivity contribution in [1.82, 2.24) is 10.2 Å². The van der Waals surface area contributed by atoms with Crippen molar-refractivity contribution in [2.45, 2.75) is 45.2 Å². The van der Waals surface area contributed by atoms with Gasteiger partial charge in [0.15, 0.2) is 0 Å². The minimum atomic E-state index is 0.457. The molecule has 1 saturated heterocycles. The standard InChI is InChI=1S/C18H30N2S/c1-4-6-15-7-9-16(10-8-15)18(19-11-5-2)17-14-21-13-12-20(17)3/h7-10,17-19H,4-6,11-14H2,1-3H3. The third kappa shape index (κ3) is 4.73. The molecule has 0 amide bonds. The van der Waals surface area contributed by atoms with Gasteiger partial charge in [-0.3, -0.25) is 4.90 Å². The number of hydrogen-bond acceptors (Lipinski definition) is 3. The smallest absolute Gasteiger partial charge is 0.0486 e. The zero-order chi connectivity index (χ0) is 15.1. The third-order valence-corrected chi connectivity index (χ3v) is 5.37. The van der Waals surface area contributed by atoms with Gasteiger partial charge in [-0.15, -0.1) is 0 Å². The molecule has 3 heteroatoms. The van der Waals surface area contributed by atoms with E-state index in [-0.39, 0.29) is 0 Å². The lowest BCUT2D eigenvalue weighted by Gasteiger charge is -2.38. The predicted molar refractivity (Wildman–Crippen MR) is 95.2 cm³/mol. The van der Waals surface area contributed by atoms with Crippen LogP contribution in [0.15, 0.2) is 24.3 Å². The van der Waals surface area contributed by atoms with E-state index in [4.69, 9.17) is 0 Å². The Hall–Kier alpha value is -0.510. The van der Waals surface area contributed by atoms with E-state index < -0.39 is 0 Å². The SMILES string of the molecule is CCCNC(c1ccc(CCC)cc1)C1CSCCN1C. The fourth-order valence-electron chi connectivity index (χ4n) is 3.01. The lowest BCUT2D eigenvalue weighted by Crippen LogP contribution is -2.48. The van der Waals surface area contributed by atoms with E-state index in [1.54, 1.807) is 0 Å². The highest BCUT2D eigenvalue weighted by molar-refractivity contribution is 7.99. The maximum absolute atomic E-state index is 3.78. The summed E-state index contributed by atoms with van der Waals surface area (Å²) in [6.45, 7) is 6.78. The van der Waals surface area contributed by atoms with Gasteiger partial charge in [0.05, 0.1) is 0 Å². The fraction of sp³-hybridized carbons (Fsp3) is 0.667. The van der Waals surface area contributed by atoms with Crippen LogP contribution >= 0.6 is 11.8 Å². The van der Waals surface area contributed by atoms with Gasteiger partial charge in [0.2, 0.25) is 0 Å². The summed E-state index contributed by atoms with van der Waals surface area (Å²) < 4.78 is 0. The van der Waals surface area contributed by atoms with Crippen LogP contribution in [-0.4, -0.2) is 42.6 Å². The molecule has 1 aliphatic rings. The summed E-state index contributed by atoms with van der Waals surface area (Å²) in [5.41, 5.74) is 2.91. The number of likely N-dealkylation sites (N-methyl/N-ethyl adjacent to an activating group) is 1. The van der Waals surface area contributed by atoms with Crippen molar-refractivity contribution in [1.29, 1.82) is 0 Å². The number of nitrogens with one attached hydrogen (secondary N) is 1. The molecule has 1 aliphatic heterocycles. The predicted octanol–water partition coefficient (Wildman–Crippen LogP) is 3.73. The number of benzene rings is 1. The third-order valence-electron chi connectivity index (χ3n) is 4.32. The molecule has 21 heavy (non-hydrogen) atoms. The molecule has 1 N–H and O–H groups in total. The van der Waals surface area contributed by atoms with Crippen LogP contribution in [0.1, 0.15) is 43.9 Å². The average Bonchev–Trinajstić information content (AvgIpc) is 2.51. The van der Waals surface area contributed by atoms with Crippen LogP contribution in [0.4, 0.5) is 0 Å². The summed E-state index contributed by atoms with van der Waals surface area (Å²) in [7, 11) is 2.27. The summed E-state index contributed by atoms with van der Waals surface area (Å²) >= 11 is 2.09. The summed E-state index contributed by atoms with van der Waals surface area (Å²) in [6, 6.07) is 10.4.